The van der Waals surface area contributed by atoms with Crippen LogP contribution in [0, 0.1) is 18.7 Å². The Morgan fingerprint density at radius 1 is 1.50 bits per heavy atom. The Hall–Kier alpha value is -0.700. The molecule has 0 bridgehead atoms. The summed E-state index contributed by atoms with van der Waals surface area (Å²) in [6.45, 7) is 4.43. The van der Waals surface area contributed by atoms with Crippen molar-refractivity contribution in [3.05, 3.63) is 29.6 Å². The lowest BCUT2D eigenvalue weighted by Crippen LogP contribution is -2.10. The van der Waals surface area contributed by atoms with E-state index in [2.05, 4.69) is 12.6 Å². The molecule has 0 aliphatic carbocycles. The summed E-state index contributed by atoms with van der Waals surface area (Å²) in [5, 5.41) is 0. The lowest BCUT2D eigenvalue weighted by atomic mass is 10.2. The zero-order valence-corrected chi connectivity index (χ0v) is 9.35. The average Bonchev–Trinajstić information content (AvgIpc) is 2.19. The monoisotopic (exact) mass is 214 g/mol. The molecule has 3 heteroatoms. The van der Waals surface area contributed by atoms with E-state index >= 15 is 0 Å². The molecular formula is C11H15FOS. The lowest BCUT2D eigenvalue weighted by molar-refractivity contribution is 0.261. The van der Waals surface area contributed by atoms with E-state index in [1.807, 2.05) is 13.8 Å². The van der Waals surface area contributed by atoms with E-state index in [1.54, 1.807) is 12.1 Å². The topological polar surface area (TPSA) is 9.23 Å². The van der Waals surface area contributed by atoms with Crippen molar-refractivity contribution in [2.45, 2.75) is 13.8 Å². The molecule has 1 rings (SSSR count). The van der Waals surface area contributed by atoms with Crippen LogP contribution in [-0.2, 0) is 0 Å². The number of hydrogen-bond acceptors (Lipinski definition) is 2. The predicted molar refractivity (Wildman–Crippen MR) is 59.6 cm³/mol. The van der Waals surface area contributed by atoms with Crippen LogP contribution < -0.4 is 4.74 Å². The number of rotatable bonds is 4. The van der Waals surface area contributed by atoms with E-state index in [4.69, 9.17) is 4.74 Å². The fourth-order valence-electron chi connectivity index (χ4n) is 1.01. The Kier molecular flexibility index (Phi) is 4.26. The summed E-state index contributed by atoms with van der Waals surface area (Å²) in [5.74, 6) is 1.10. The van der Waals surface area contributed by atoms with Gasteiger partial charge in [-0.05, 0) is 36.3 Å². The zero-order chi connectivity index (χ0) is 10.6. The van der Waals surface area contributed by atoms with Gasteiger partial charge in [0.25, 0.3) is 0 Å². The Morgan fingerprint density at radius 2 is 2.21 bits per heavy atom. The molecule has 0 aromatic heterocycles. The zero-order valence-electron chi connectivity index (χ0n) is 8.46. The van der Waals surface area contributed by atoms with Gasteiger partial charge in [0, 0.05) is 0 Å². The van der Waals surface area contributed by atoms with Gasteiger partial charge in [-0.3, -0.25) is 0 Å². The molecule has 0 saturated carbocycles. The van der Waals surface area contributed by atoms with E-state index in [0.29, 0.717) is 18.3 Å². The molecule has 0 aliphatic heterocycles. The lowest BCUT2D eigenvalue weighted by Gasteiger charge is -2.11. The van der Waals surface area contributed by atoms with Gasteiger partial charge in [-0.2, -0.15) is 12.6 Å². The second-order valence-corrected chi connectivity index (χ2v) is 3.90. The van der Waals surface area contributed by atoms with Crippen molar-refractivity contribution in [3.63, 3.8) is 0 Å². The Morgan fingerprint density at radius 3 is 2.86 bits per heavy atom. The van der Waals surface area contributed by atoms with Gasteiger partial charge in [0.15, 0.2) is 11.6 Å². The van der Waals surface area contributed by atoms with E-state index < -0.39 is 0 Å². The first kappa shape index (κ1) is 11.4. The maximum atomic E-state index is 13.2. The highest BCUT2D eigenvalue weighted by Crippen LogP contribution is 2.19. The van der Waals surface area contributed by atoms with Gasteiger partial charge in [-0.25, -0.2) is 4.39 Å². The first-order valence-corrected chi connectivity index (χ1v) is 5.26. The maximum Gasteiger partial charge on any atom is 0.165 e. The van der Waals surface area contributed by atoms with Gasteiger partial charge in [0.05, 0.1) is 6.61 Å². The van der Waals surface area contributed by atoms with Gasteiger partial charge in [-0.1, -0.05) is 13.0 Å². The summed E-state index contributed by atoms with van der Waals surface area (Å²) >= 11 is 4.13. The summed E-state index contributed by atoms with van der Waals surface area (Å²) in [7, 11) is 0. The number of ether oxygens (including phenoxy) is 1. The van der Waals surface area contributed by atoms with Crippen LogP contribution in [0.2, 0.25) is 0 Å². The molecule has 0 heterocycles. The number of halogens is 1. The SMILES string of the molecule is Cc1ccc(F)c(OCC(C)CS)c1. The molecule has 0 fully saturated rings. The minimum atomic E-state index is -0.304. The smallest absolute Gasteiger partial charge is 0.165 e. The molecule has 1 unspecified atom stereocenters. The summed E-state index contributed by atoms with van der Waals surface area (Å²) in [6.07, 6.45) is 0. The van der Waals surface area contributed by atoms with Crippen molar-refractivity contribution in [1.82, 2.24) is 0 Å². The number of hydrogen-bond donors (Lipinski definition) is 1. The van der Waals surface area contributed by atoms with Gasteiger partial charge in [0.2, 0.25) is 0 Å². The van der Waals surface area contributed by atoms with Crippen LogP contribution in [0.4, 0.5) is 4.39 Å². The normalized spacial score (nSPS) is 12.6. The summed E-state index contributed by atoms with van der Waals surface area (Å²) in [4.78, 5) is 0. The highest BCUT2D eigenvalue weighted by molar-refractivity contribution is 7.80. The average molecular weight is 214 g/mol. The van der Waals surface area contributed by atoms with Crippen LogP contribution in [0.5, 0.6) is 5.75 Å². The number of aryl methyl sites for hydroxylation is 1. The Bertz CT molecular complexity index is 301. The van der Waals surface area contributed by atoms with Crippen molar-refractivity contribution >= 4 is 12.6 Å². The number of thiol groups is 1. The molecule has 1 nitrogen and oxygen atoms in total. The summed E-state index contributed by atoms with van der Waals surface area (Å²) in [6, 6.07) is 4.86. The van der Waals surface area contributed by atoms with Crippen molar-refractivity contribution in [2.75, 3.05) is 12.4 Å². The summed E-state index contributed by atoms with van der Waals surface area (Å²) in [5.41, 5.74) is 1.000. The van der Waals surface area contributed by atoms with Gasteiger partial charge < -0.3 is 4.74 Å². The molecule has 1 atom stereocenters. The molecule has 0 aliphatic rings. The Labute approximate surface area is 89.7 Å². The van der Waals surface area contributed by atoms with Crippen molar-refractivity contribution < 1.29 is 9.13 Å². The molecule has 0 N–H and O–H groups in total. The molecular weight excluding hydrogens is 199 g/mol. The standard InChI is InChI=1S/C11H15FOS/c1-8-3-4-10(12)11(5-8)13-6-9(2)7-14/h3-5,9,14H,6-7H2,1-2H3. The first-order chi connectivity index (χ1) is 6.63. The molecule has 78 valence electrons. The van der Waals surface area contributed by atoms with Crippen LogP contribution in [0.25, 0.3) is 0 Å². The number of benzene rings is 1. The highest BCUT2D eigenvalue weighted by atomic mass is 32.1. The predicted octanol–water partition coefficient (Wildman–Crippen LogP) is 3.08. The second-order valence-electron chi connectivity index (χ2n) is 3.53. The van der Waals surface area contributed by atoms with Crippen LogP contribution in [0.3, 0.4) is 0 Å². The minimum absolute atomic E-state index is 0.304. The largest absolute Gasteiger partial charge is 0.490 e. The Balaban J connectivity index is 2.62. The molecule has 0 saturated heterocycles. The van der Waals surface area contributed by atoms with Crippen LogP contribution in [0.1, 0.15) is 12.5 Å². The molecule has 0 spiro atoms. The third-order valence-electron chi connectivity index (χ3n) is 1.92. The van der Waals surface area contributed by atoms with E-state index in [0.717, 1.165) is 11.3 Å². The third-order valence-corrected chi connectivity index (χ3v) is 2.55. The third kappa shape index (κ3) is 3.22. The molecule has 1 aromatic carbocycles. The van der Waals surface area contributed by atoms with Crippen molar-refractivity contribution in [2.24, 2.45) is 5.92 Å². The minimum Gasteiger partial charge on any atom is -0.490 e. The van der Waals surface area contributed by atoms with Crippen LogP contribution in [0.15, 0.2) is 18.2 Å². The molecule has 14 heavy (non-hydrogen) atoms. The first-order valence-electron chi connectivity index (χ1n) is 4.63. The van der Waals surface area contributed by atoms with E-state index in [9.17, 15) is 4.39 Å². The van der Waals surface area contributed by atoms with Gasteiger partial charge in [-0.15, -0.1) is 0 Å². The quantitative estimate of drug-likeness (QED) is 0.758. The fraction of sp³-hybridized carbons (Fsp3) is 0.455. The van der Waals surface area contributed by atoms with Crippen LogP contribution in [-0.4, -0.2) is 12.4 Å². The van der Waals surface area contributed by atoms with E-state index in [1.165, 1.54) is 6.07 Å². The van der Waals surface area contributed by atoms with Crippen molar-refractivity contribution in [1.29, 1.82) is 0 Å². The second kappa shape index (κ2) is 5.25. The maximum absolute atomic E-state index is 13.2. The van der Waals surface area contributed by atoms with Gasteiger partial charge >= 0.3 is 0 Å². The summed E-state index contributed by atoms with van der Waals surface area (Å²) < 4.78 is 18.5. The van der Waals surface area contributed by atoms with Crippen LogP contribution >= 0.6 is 12.6 Å². The van der Waals surface area contributed by atoms with Gasteiger partial charge in [0.1, 0.15) is 0 Å². The molecule has 0 radical (unpaired) electrons. The van der Waals surface area contributed by atoms with E-state index in [-0.39, 0.29) is 5.82 Å². The fourth-order valence-corrected chi connectivity index (χ4v) is 1.11. The molecule has 0 amide bonds. The highest BCUT2D eigenvalue weighted by Gasteiger charge is 2.05. The van der Waals surface area contributed by atoms with Crippen molar-refractivity contribution in [3.8, 4) is 5.75 Å². The molecule has 1 aromatic rings.